The fourth-order valence-electron chi connectivity index (χ4n) is 2.95. The Labute approximate surface area is 152 Å². The van der Waals surface area contributed by atoms with Crippen molar-refractivity contribution < 1.29 is 13.2 Å². The van der Waals surface area contributed by atoms with Gasteiger partial charge in [-0.25, -0.2) is 8.42 Å². The maximum absolute atomic E-state index is 12.5. The number of nitrogens with one attached hydrogen (secondary N) is 2. The van der Waals surface area contributed by atoms with E-state index in [4.69, 9.17) is 11.6 Å². The molecule has 0 saturated carbocycles. The molecule has 0 fully saturated rings. The van der Waals surface area contributed by atoms with E-state index in [1.54, 1.807) is 6.07 Å². The lowest BCUT2D eigenvalue weighted by atomic mass is 9.90. The van der Waals surface area contributed by atoms with Gasteiger partial charge < -0.3 is 5.32 Å². The van der Waals surface area contributed by atoms with E-state index in [9.17, 15) is 13.2 Å². The van der Waals surface area contributed by atoms with Crippen LogP contribution in [-0.4, -0.2) is 20.6 Å². The largest absolute Gasteiger partial charge is 0.322 e. The second kappa shape index (κ2) is 7.06. The van der Waals surface area contributed by atoms with Crippen molar-refractivity contribution in [2.75, 3.05) is 16.3 Å². The second-order valence-corrected chi connectivity index (χ2v) is 8.37. The molecule has 2 aromatic carbocycles. The molecular formula is C18H19ClN2O3S. The van der Waals surface area contributed by atoms with Crippen LogP contribution in [0.5, 0.6) is 0 Å². The molecule has 0 saturated heterocycles. The Hall–Kier alpha value is -2.05. The first-order chi connectivity index (χ1) is 11.8. The summed E-state index contributed by atoms with van der Waals surface area (Å²) in [4.78, 5) is 12.5. The van der Waals surface area contributed by atoms with Gasteiger partial charge in [0.15, 0.2) is 0 Å². The summed E-state index contributed by atoms with van der Waals surface area (Å²) in [6.07, 6.45) is 5.48. The Kier molecular flexibility index (Phi) is 5.01. The number of halogens is 1. The van der Waals surface area contributed by atoms with Crippen LogP contribution in [0.25, 0.3) is 0 Å². The Bertz CT molecular complexity index is 926. The number of sulfonamides is 1. The van der Waals surface area contributed by atoms with Crippen LogP contribution in [0.4, 0.5) is 11.4 Å². The molecule has 1 amide bonds. The molecule has 1 aliphatic carbocycles. The molecule has 0 aromatic heterocycles. The van der Waals surface area contributed by atoms with Crippen molar-refractivity contribution in [2.45, 2.75) is 25.7 Å². The third kappa shape index (κ3) is 4.52. The van der Waals surface area contributed by atoms with Crippen LogP contribution in [0.3, 0.4) is 0 Å². The molecule has 0 atom stereocenters. The van der Waals surface area contributed by atoms with Crippen molar-refractivity contribution in [2.24, 2.45) is 0 Å². The van der Waals surface area contributed by atoms with Gasteiger partial charge in [-0.15, -0.1) is 0 Å². The van der Waals surface area contributed by atoms with E-state index in [1.165, 1.54) is 29.7 Å². The smallest absolute Gasteiger partial charge is 0.255 e. The van der Waals surface area contributed by atoms with Gasteiger partial charge in [0.25, 0.3) is 5.91 Å². The summed E-state index contributed by atoms with van der Waals surface area (Å²) in [5, 5.41) is 3.01. The SMILES string of the molecule is CS(=O)(=O)Nc1ccc(NC(=O)c2ccc3c(c2)CCCC3)cc1Cl. The van der Waals surface area contributed by atoms with Crippen molar-refractivity contribution in [3.8, 4) is 0 Å². The minimum Gasteiger partial charge on any atom is -0.322 e. The lowest BCUT2D eigenvalue weighted by molar-refractivity contribution is 0.102. The molecule has 7 heteroatoms. The van der Waals surface area contributed by atoms with Crippen LogP contribution in [0.15, 0.2) is 36.4 Å². The van der Waals surface area contributed by atoms with Crippen LogP contribution in [-0.2, 0) is 22.9 Å². The lowest BCUT2D eigenvalue weighted by Crippen LogP contribution is -2.14. The Morgan fingerprint density at radius 1 is 1.04 bits per heavy atom. The topological polar surface area (TPSA) is 75.3 Å². The molecular weight excluding hydrogens is 360 g/mol. The Morgan fingerprint density at radius 3 is 2.44 bits per heavy atom. The van der Waals surface area contributed by atoms with Crippen LogP contribution < -0.4 is 10.0 Å². The zero-order valence-electron chi connectivity index (χ0n) is 13.8. The van der Waals surface area contributed by atoms with Crippen molar-refractivity contribution in [3.63, 3.8) is 0 Å². The maximum atomic E-state index is 12.5. The first-order valence-corrected chi connectivity index (χ1v) is 10.3. The minimum atomic E-state index is -3.41. The fourth-order valence-corrected chi connectivity index (χ4v) is 3.81. The standard InChI is InChI=1S/C18H19ClN2O3S/c1-25(23,24)21-17-9-8-15(11-16(17)19)20-18(22)14-7-6-12-4-2-3-5-13(12)10-14/h6-11,21H,2-5H2,1H3,(H,20,22). The minimum absolute atomic E-state index is 0.215. The Balaban J connectivity index is 1.76. The number of aryl methyl sites for hydroxylation is 2. The normalized spacial score (nSPS) is 13.8. The average Bonchev–Trinajstić information content (AvgIpc) is 2.56. The number of amides is 1. The van der Waals surface area contributed by atoms with Gasteiger partial charge in [0, 0.05) is 11.3 Å². The van der Waals surface area contributed by atoms with Crippen molar-refractivity contribution in [3.05, 3.63) is 58.1 Å². The lowest BCUT2D eigenvalue weighted by Gasteiger charge is -2.16. The predicted molar refractivity (Wildman–Crippen MR) is 101 cm³/mol. The number of rotatable bonds is 4. The quantitative estimate of drug-likeness (QED) is 0.848. The summed E-state index contributed by atoms with van der Waals surface area (Å²) in [7, 11) is -3.41. The van der Waals surface area contributed by atoms with Crippen LogP contribution in [0, 0.1) is 0 Å². The number of fused-ring (bicyclic) bond motifs is 1. The number of benzene rings is 2. The van der Waals surface area contributed by atoms with Crippen molar-refractivity contribution in [1.82, 2.24) is 0 Å². The highest BCUT2D eigenvalue weighted by atomic mass is 35.5. The first kappa shape index (κ1) is 17.8. The number of hydrogen-bond donors (Lipinski definition) is 2. The van der Waals surface area contributed by atoms with Crippen LogP contribution >= 0.6 is 11.6 Å². The summed E-state index contributed by atoms with van der Waals surface area (Å²) < 4.78 is 24.9. The fraction of sp³-hybridized carbons (Fsp3) is 0.278. The highest BCUT2D eigenvalue weighted by molar-refractivity contribution is 7.92. The summed E-state index contributed by atoms with van der Waals surface area (Å²) in [6, 6.07) is 10.5. The molecule has 2 N–H and O–H groups in total. The van der Waals surface area contributed by atoms with Gasteiger partial charge in [-0.1, -0.05) is 17.7 Å². The van der Waals surface area contributed by atoms with Crippen molar-refractivity contribution in [1.29, 1.82) is 0 Å². The molecule has 0 spiro atoms. The number of hydrogen-bond acceptors (Lipinski definition) is 3. The van der Waals surface area contributed by atoms with Gasteiger partial charge in [-0.05, 0) is 67.1 Å². The van der Waals surface area contributed by atoms with Gasteiger partial charge in [0.2, 0.25) is 10.0 Å². The molecule has 0 aliphatic heterocycles. The highest BCUT2D eigenvalue weighted by Crippen LogP contribution is 2.27. The van der Waals surface area contributed by atoms with Gasteiger partial charge in [-0.2, -0.15) is 0 Å². The highest BCUT2D eigenvalue weighted by Gasteiger charge is 2.14. The van der Waals surface area contributed by atoms with E-state index < -0.39 is 10.0 Å². The Morgan fingerprint density at radius 2 is 1.76 bits per heavy atom. The molecule has 3 rings (SSSR count). The first-order valence-electron chi connectivity index (χ1n) is 8.02. The molecule has 0 heterocycles. The molecule has 5 nitrogen and oxygen atoms in total. The molecule has 1 aliphatic rings. The third-order valence-corrected chi connectivity index (χ3v) is 5.04. The summed E-state index contributed by atoms with van der Waals surface area (Å²) in [5.74, 6) is -0.215. The van der Waals surface area contributed by atoms with Crippen LogP contribution in [0.2, 0.25) is 5.02 Å². The van der Waals surface area contributed by atoms with E-state index in [1.807, 2.05) is 18.2 Å². The van der Waals surface area contributed by atoms with E-state index in [0.29, 0.717) is 11.3 Å². The van der Waals surface area contributed by atoms with Gasteiger partial charge in [0.05, 0.1) is 17.0 Å². The molecule has 0 radical (unpaired) electrons. The summed E-state index contributed by atoms with van der Waals surface area (Å²) in [6.45, 7) is 0. The number of carbonyl (C=O) groups is 1. The number of carbonyl (C=O) groups excluding carboxylic acids is 1. The van der Waals surface area contributed by atoms with E-state index >= 15 is 0 Å². The monoisotopic (exact) mass is 378 g/mol. The average molecular weight is 379 g/mol. The van der Waals surface area contributed by atoms with Crippen molar-refractivity contribution >= 4 is 38.9 Å². The molecule has 2 aromatic rings. The summed E-state index contributed by atoms with van der Waals surface area (Å²) >= 11 is 6.08. The third-order valence-electron chi connectivity index (χ3n) is 4.13. The second-order valence-electron chi connectivity index (χ2n) is 6.21. The zero-order valence-corrected chi connectivity index (χ0v) is 15.4. The van der Waals surface area contributed by atoms with Gasteiger partial charge in [0.1, 0.15) is 0 Å². The zero-order chi connectivity index (χ0) is 18.0. The molecule has 0 unspecified atom stereocenters. The van der Waals surface area contributed by atoms with E-state index in [-0.39, 0.29) is 16.6 Å². The summed E-state index contributed by atoms with van der Waals surface area (Å²) in [5.41, 5.74) is 3.95. The van der Waals surface area contributed by atoms with E-state index in [0.717, 1.165) is 25.5 Å². The van der Waals surface area contributed by atoms with Gasteiger partial charge in [-0.3, -0.25) is 9.52 Å². The van der Waals surface area contributed by atoms with Gasteiger partial charge >= 0.3 is 0 Å². The maximum Gasteiger partial charge on any atom is 0.255 e. The number of anilines is 2. The predicted octanol–water partition coefficient (Wildman–Crippen LogP) is 3.84. The molecule has 0 bridgehead atoms. The molecule has 25 heavy (non-hydrogen) atoms. The van der Waals surface area contributed by atoms with Crippen LogP contribution in [0.1, 0.15) is 34.3 Å². The van der Waals surface area contributed by atoms with E-state index in [2.05, 4.69) is 10.0 Å². The molecule has 132 valence electrons.